The number of hydrogen-bond acceptors (Lipinski definition) is 4. The molecule has 0 fully saturated rings. The van der Waals surface area contributed by atoms with Gasteiger partial charge in [-0.05, 0) is 31.9 Å². The molecular formula is C16H23NO2S. The standard InChI is InChI=1S/C16H23NO2S/c1-11(2)15-9-8-14(19-15)7-5-6-13-10-20-16(17-13)12(3)18-4/h8-12H,5-7H2,1-4H3. The monoisotopic (exact) mass is 293 g/mol. The van der Waals surface area contributed by atoms with Crippen molar-refractivity contribution >= 4 is 11.3 Å². The Bertz CT molecular complexity index is 530. The summed E-state index contributed by atoms with van der Waals surface area (Å²) >= 11 is 1.68. The fourth-order valence-corrected chi connectivity index (χ4v) is 2.89. The highest BCUT2D eigenvalue weighted by Gasteiger charge is 2.10. The van der Waals surface area contributed by atoms with E-state index in [-0.39, 0.29) is 6.10 Å². The van der Waals surface area contributed by atoms with Gasteiger partial charge in [0.05, 0.1) is 5.69 Å². The van der Waals surface area contributed by atoms with Crippen molar-refractivity contribution in [2.75, 3.05) is 7.11 Å². The van der Waals surface area contributed by atoms with Crippen LogP contribution in [-0.2, 0) is 17.6 Å². The molecule has 0 amide bonds. The molecule has 0 aromatic carbocycles. The molecule has 1 atom stereocenters. The van der Waals surface area contributed by atoms with Crippen molar-refractivity contribution in [2.24, 2.45) is 0 Å². The summed E-state index contributed by atoms with van der Waals surface area (Å²) in [5, 5.41) is 3.19. The number of methoxy groups -OCH3 is 1. The van der Waals surface area contributed by atoms with E-state index in [2.05, 4.69) is 36.3 Å². The van der Waals surface area contributed by atoms with Gasteiger partial charge in [-0.25, -0.2) is 4.98 Å². The van der Waals surface area contributed by atoms with Gasteiger partial charge in [0.1, 0.15) is 22.6 Å². The minimum atomic E-state index is 0.0902. The van der Waals surface area contributed by atoms with Crippen LogP contribution >= 0.6 is 11.3 Å². The van der Waals surface area contributed by atoms with E-state index in [9.17, 15) is 0 Å². The Hall–Kier alpha value is -1.13. The van der Waals surface area contributed by atoms with Gasteiger partial charge in [0.15, 0.2) is 0 Å². The van der Waals surface area contributed by atoms with Crippen LogP contribution in [0.1, 0.15) is 61.4 Å². The number of hydrogen-bond donors (Lipinski definition) is 0. The van der Waals surface area contributed by atoms with Crippen LogP contribution < -0.4 is 0 Å². The number of furan rings is 1. The maximum absolute atomic E-state index is 5.81. The van der Waals surface area contributed by atoms with Crippen molar-refractivity contribution in [3.8, 4) is 0 Å². The third kappa shape index (κ3) is 3.93. The summed E-state index contributed by atoms with van der Waals surface area (Å²) < 4.78 is 11.1. The van der Waals surface area contributed by atoms with Crippen LogP contribution in [0.15, 0.2) is 21.9 Å². The summed E-state index contributed by atoms with van der Waals surface area (Å²) in [7, 11) is 1.72. The molecular weight excluding hydrogens is 270 g/mol. The van der Waals surface area contributed by atoms with Crippen molar-refractivity contribution in [1.82, 2.24) is 4.98 Å². The Kier molecular flexibility index (Phi) is 5.38. The van der Waals surface area contributed by atoms with Gasteiger partial charge in [-0.15, -0.1) is 11.3 Å². The molecule has 110 valence electrons. The molecule has 0 aliphatic rings. The number of aryl methyl sites for hydroxylation is 2. The topological polar surface area (TPSA) is 35.3 Å². The maximum Gasteiger partial charge on any atom is 0.121 e. The quantitative estimate of drug-likeness (QED) is 0.739. The van der Waals surface area contributed by atoms with Gasteiger partial charge in [0, 0.05) is 24.8 Å². The highest BCUT2D eigenvalue weighted by atomic mass is 32.1. The lowest BCUT2D eigenvalue weighted by Crippen LogP contribution is -1.96. The van der Waals surface area contributed by atoms with Gasteiger partial charge in [-0.2, -0.15) is 0 Å². The maximum atomic E-state index is 5.81. The van der Waals surface area contributed by atoms with E-state index in [1.165, 1.54) is 0 Å². The Morgan fingerprint density at radius 1 is 1.25 bits per heavy atom. The molecule has 20 heavy (non-hydrogen) atoms. The predicted molar refractivity (Wildman–Crippen MR) is 82.4 cm³/mol. The predicted octanol–water partition coefficient (Wildman–Crippen LogP) is 4.74. The molecule has 0 saturated heterocycles. The van der Waals surface area contributed by atoms with E-state index < -0.39 is 0 Å². The molecule has 2 rings (SSSR count). The molecule has 0 aliphatic heterocycles. The smallest absolute Gasteiger partial charge is 0.121 e. The third-order valence-corrected chi connectivity index (χ3v) is 4.43. The second-order valence-corrected chi connectivity index (χ2v) is 6.26. The lowest BCUT2D eigenvalue weighted by Gasteiger charge is -2.03. The van der Waals surface area contributed by atoms with Gasteiger partial charge in [0.2, 0.25) is 0 Å². The van der Waals surface area contributed by atoms with Crippen molar-refractivity contribution in [3.63, 3.8) is 0 Å². The second-order valence-electron chi connectivity index (χ2n) is 5.37. The SMILES string of the molecule is COC(C)c1nc(CCCc2ccc(C(C)C)o2)cs1. The van der Waals surface area contributed by atoms with Crippen LogP contribution in [0.2, 0.25) is 0 Å². The lowest BCUT2D eigenvalue weighted by atomic mass is 10.1. The molecule has 0 aliphatic carbocycles. The largest absolute Gasteiger partial charge is 0.466 e. The first-order valence-electron chi connectivity index (χ1n) is 7.16. The summed E-state index contributed by atoms with van der Waals surface area (Å²) in [4.78, 5) is 4.61. The van der Waals surface area contributed by atoms with E-state index in [0.29, 0.717) is 5.92 Å². The third-order valence-electron chi connectivity index (χ3n) is 3.38. The molecule has 0 bridgehead atoms. The second kappa shape index (κ2) is 7.04. The Labute approximate surface area is 125 Å². The van der Waals surface area contributed by atoms with Crippen molar-refractivity contribution < 1.29 is 9.15 Å². The van der Waals surface area contributed by atoms with E-state index in [0.717, 1.165) is 41.5 Å². The fourth-order valence-electron chi connectivity index (χ4n) is 2.01. The molecule has 0 spiro atoms. The first kappa shape index (κ1) is 15.3. The minimum Gasteiger partial charge on any atom is -0.466 e. The number of ether oxygens (including phenoxy) is 1. The van der Waals surface area contributed by atoms with Crippen LogP contribution in [0, 0.1) is 0 Å². The van der Waals surface area contributed by atoms with Gasteiger partial charge in [-0.3, -0.25) is 0 Å². The van der Waals surface area contributed by atoms with Crippen LogP contribution in [-0.4, -0.2) is 12.1 Å². The van der Waals surface area contributed by atoms with Crippen molar-refractivity contribution in [3.05, 3.63) is 39.7 Å². The van der Waals surface area contributed by atoms with Crippen LogP contribution in [0.25, 0.3) is 0 Å². The molecule has 4 heteroatoms. The molecule has 0 N–H and O–H groups in total. The number of rotatable bonds is 7. The highest BCUT2D eigenvalue weighted by molar-refractivity contribution is 7.09. The molecule has 1 unspecified atom stereocenters. The molecule has 2 aromatic rings. The summed E-state index contributed by atoms with van der Waals surface area (Å²) in [6.45, 7) is 6.33. The normalized spacial score (nSPS) is 13.1. The van der Waals surface area contributed by atoms with E-state index in [4.69, 9.17) is 9.15 Å². The average Bonchev–Trinajstić information content (AvgIpc) is 3.07. The van der Waals surface area contributed by atoms with E-state index >= 15 is 0 Å². The van der Waals surface area contributed by atoms with Gasteiger partial charge in [-0.1, -0.05) is 13.8 Å². The molecule has 2 heterocycles. The first-order chi connectivity index (χ1) is 9.60. The Morgan fingerprint density at radius 2 is 2.05 bits per heavy atom. The van der Waals surface area contributed by atoms with Crippen molar-refractivity contribution in [1.29, 1.82) is 0 Å². The molecule has 3 nitrogen and oxygen atoms in total. The molecule has 0 saturated carbocycles. The van der Waals surface area contributed by atoms with Gasteiger partial charge < -0.3 is 9.15 Å². The summed E-state index contributed by atoms with van der Waals surface area (Å²) in [5.74, 6) is 2.61. The van der Waals surface area contributed by atoms with E-state index in [1.54, 1.807) is 18.4 Å². The minimum absolute atomic E-state index is 0.0902. The number of aromatic nitrogens is 1. The number of nitrogens with zero attached hydrogens (tertiary/aromatic N) is 1. The first-order valence-corrected chi connectivity index (χ1v) is 8.03. The highest BCUT2D eigenvalue weighted by Crippen LogP contribution is 2.22. The fraction of sp³-hybridized carbons (Fsp3) is 0.562. The zero-order chi connectivity index (χ0) is 14.5. The lowest BCUT2D eigenvalue weighted by molar-refractivity contribution is 0.119. The zero-order valence-corrected chi connectivity index (χ0v) is 13.5. The molecule has 0 radical (unpaired) electrons. The summed E-state index contributed by atoms with van der Waals surface area (Å²) in [5.41, 5.74) is 1.16. The van der Waals surface area contributed by atoms with E-state index in [1.807, 2.05) is 6.92 Å². The average molecular weight is 293 g/mol. The van der Waals surface area contributed by atoms with Crippen LogP contribution in [0.3, 0.4) is 0 Å². The Morgan fingerprint density at radius 3 is 2.70 bits per heavy atom. The van der Waals surface area contributed by atoms with Crippen LogP contribution in [0.5, 0.6) is 0 Å². The Balaban J connectivity index is 1.81. The van der Waals surface area contributed by atoms with Gasteiger partial charge >= 0.3 is 0 Å². The summed E-state index contributed by atoms with van der Waals surface area (Å²) in [6.07, 6.45) is 3.12. The number of thiazole rings is 1. The van der Waals surface area contributed by atoms with Gasteiger partial charge in [0.25, 0.3) is 0 Å². The zero-order valence-electron chi connectivity index (χ0n) is 12.7. The summed E-state index contributed by atoms with van der Waals surface area (Å²) in [6, 6.07) is 4.18. The van der Waals surface area contributed by atoms with Crippen LogP contribution in [0.4, 0.5) is 0 Å². The van der Waals surface area contributed by atoms with Crippen molar-refractivity contribution in [2.45, 2.75) is 52.1 Å². The molecule has 2 aromatic heterocycles.